The minimum Gasteiger partial charge on any atom is -0.494 e. The highest BCUT2D eigenvalue weighted by molar-refractivity contribution is 5.95. The zero-order chi connectivity index (χ0) is 13.3. The Hall–Kier alpha value is -1.69. The fourth-order valence-electron chi connectivity index (χ4n) is 1.97. The van der Waals surface area contributed by atoms with Gasteiger partial charge >= 0.3 is 0 Å². The molecule has 0 radical (unpaired) electrons. The first kappa shape index (κ1) is 12.8. The lowest BCUT2D eigenvalue weighted by Crippen LogP contribution is -2.31. The Kier molecular flexibility index (Phi) is 3.47. The van der Waals surface area contributed by atoms with Crippen molar-refractivity contribution in [2.75, 3.05) is 20.2 Å². The van der Waals surface area contributed by atoms with E-state index in [1.54, 1.807) is 0 Å². The Labute approximate surface area is 103 Å². The molecule has 0 spiro atoms. The third kappa shape index (κ3) is 2.15. The highest BCUT2D eigenvalue weighted by atomic mass is 19.1. The molecule has 6 heteroatoms. The van der Waals surface area contributed by atoms with Gasteiger partial charge in [-0.05, 0) is 18.6 Å². The molecule has 1 aliphatic rings. The number of aliphatic hydroxyl groups excluding tert-OH is 1. The molecule has 1 aromatic carbocycles. The van der Waals surface area contributed by atoms with Gasteiger partial charge in [0.2, 0.25) is 0 Å². The monoisotopic (exact) mass is 257 g/mol. The van der Waals surface area contributed by atoms with Crippen LogP contribution in [0.1, 0.15) is 16.8 Å². The van der Waals surface area contributed by atoms with E-state index in [9.17, 15) is 18.7 Å². The second-order valence-corrected chi connectivity index (χ2v) is 4.13. The smallest absolute Gasteiger partial charge is 0.260 e. The third-order valence-corrected chi connectivity index (χ3v) is 2.94. The number of ether oxygens (including phenoxy) is 1. The van der Waals surface area contributed by atoms with Crippen molar-refractivity contribution in [2.24, 2.45) is 0 Å². The van der Waals surface area contributed by atoms with Crippen LogP contribution in [0.15, 0.2) is 12.1 Å². The van der Waals surface area contributed by atoms with Crippen molar-refractivity contribution >= 4 is 5.91 Å². The summed E-state index contributed by atoms with van der Waals surface area (Å²) in [7, 11) is 1.24. The number of amides is 1. The quantitative estimate of drug-likeness (QED) is 0.865. The maximum Gasteiger partial charge on any atom is 0.260 e. The van der Waals surface area contributed by atoms with Crippen molar-refractivity contribution in [1.82, 2.24) is 4.90 Å². The summed E-state index contributed by atoms with van der Waals surface area (Å²) in [5.41, 5.74) is -0.636. The number of hydrogen-bond donors (Lipinski definition) is 1. The summed E-state index contributed by atoms with van der Waals surface area (Å²) in [6, 6.07) is 2.11. The molecule has 1 aromatic rings. The van der Waals surface area contributed by atoms with Gasteiger partial charge in [-0.15, -0.1) is 0 Å². The lowest BCUT2D eigenvalue weighted by atomic mass is 10.1. The number of rotatable bonds is 2. The molecule has 1 saturated heterocycles. The van der Waals surface area contributed by atoms with Crippen LogP contribution in [0.5, 0.6) is 5.75 Å². The summed E-state index contributed by atoms with van der Waals surface area (Å²) < 4.78 is 32.1. The number of methoxy groups -OCH3 is 1. The van der Waals surface area contributed by atoms with E-state index in [-0.39, 0.29) is 18.8 Å². The summed E-state index contributed by atoms with van der Waals surface area (Å²) in [6.45, 7) is 0.380. The van der Waals surface area contributed by atoms with E-state index in [0.29, 0.717) is 6.42 Å². The molecule has 0 saturated carbocycles. The number of hydrogen-bond acceptors (Lipinski definition) is 3. The second kappa shape index (κ2) is 4.89. The Morgan fingerprint density at radius 3 is 2.78 bits per heavy atom. The molecule has 1 aliphatic heterocycles. The van der Waals surface area contributed by atoms with Gasteiger partial charge in [0.25, 0.3) is 5.91 Å². The minimum atomic E-state index is -1.01. The fourth-order valence-corrected chi connectivity index (χ4v) is 1.97. The largest absolute Gasteiger partial charge is 0.494 e. The molecule has 1 N–H and O–H groups in total. The molecule has 0 aromatic heterocycles. The predicted molar refractivity (Wildman–Crippen MR) is 59.4 cm³/mol. The van der Waals surface area contributed by atoms with Gasteiger partial charge in [0, 0.05) is 13.1 Å². The van der Waals surface area contributed by atoms with Gasteiger partial charge in [-0.25, -0.2) is 8.78 Å². The number of β-amino-alcohol motifs (C(OH)–C–C–N with tert-alkyl or cyclic N) is 1. The van der Waals surface area contributed by atoms with Gasteiger partial charge in [-0.3, -0.25) is 4.79 Å². The lowest BCUT2D eigenvalue weighted by Gasteiger charge is -2.17. The van der Waals surface area contributed by atoms with Gasteiger partial charge in [0.05, 0.1) is 13.2 Å². The van der Waals surface area contributed by atoms with Crippen LogP contribution in [0, 0.1) is 11.6 Å². The molecule has 1 amide bonds. The fraction of sp³-hybridized carbons (Fsp3) is 0.417. The first-order valence-electron chi connectivity index (χ1n) is 5.54. The van der Waals surface area contributed by atoms with Crippen molar-refractivity contribution in [2.45, 2.75) is 12.5 Å². The minimum absolute atomic E-state index is 0.0922. The van der Waals surface area contributed by atoms with Crippen LogP contribution in [0.4, 0.5) is 8.78 Å². The van der Waals surface area contributed by atoms with Crippen LogP contribution in [0.2, 0.25) is 0 Å². The van der Waals surface area contributed by atoms with Gasteiger partial charge in [0.1, 0.15) is 11.4 Å². The molecule has 1 heterocycles. The predicted octanol–water partition coefficient (Wildman–Crippen LogP) is 1.18. The number of aliphatic hydroxyl groups is 1. The average molecular weight is 257 g/mol. The summed E-state index contributed by atoms with van der Waals surface area (Å²) in [5.74, 6) is -2.89. The second-order valence-electron chi connectivity index (χ2n) is 4.13. The molecule has 1 atom stereocenters. The number of carbonyl (C=O) groups excluding carboxylic acids is 1. The van der Waals surface area contributed by atoms with Crippen molar-refractivity contribution in [3.05, 3.63) is 29.3 Å². The zero-order valence-corrected chi connectivity index (χ0v) is 9.82. The Balaban J connectivity index is 2.35. The van der Waals surface area contributed by atoms with E-state index in [4.69, 9.17) is 4.74 Å². The normalized spacial score (nSPS) is 19.1. The van der Waals surface area contributed by atoms with E-state index < -0.39 is 29.2 Å². The molecule has 4 nitrogen and oxygen atoms in total. The number of carbonyl (C=O) groups is 1. The maximum atomic E-state index is 13.9. The van der Waals surface area contributed by atoms with Crippen LogP contribution >= 0.6 is 0 Å². The van der Waals surface area contributed by atoms with Crippen molar-refractivity contribution in [1.29, 1.82) is 0 Å². The van der Waals surface area contributed by atoms with Crippen LogP contribution in [0.25, 0.3) is 0 Å². The van der Waals surface area contributed by atoms with Crippen molar-refractivity contribution in [3.8, 4) is 5.75 Å². The number of nitrogens with zero attached hydrogens (tertiary/aromatic N) is 1. The third-order valence-electron chi connectivity index (χ3n) is 2.94. The zero-order valence-electron chi connectivity index (χ0n) is 9.82. The summed E-state index contributed by atoms with van der Waals surface area (Å²) >= 11 is 0. The van der Waals surface area contributed by atoms with Crippen LogP contribution in [0.3, 0.4) is 0 Å². The van der Waals surface area contributed by atoms with Gasteiger partial charge in [0.15, 0.2) is 11.6 Å². The molecule has 0 unspecified atom stereocenters. The summed E-state index contributed by atoms with van der Waals surface area (Å²) in [4.78, 5) is 13.2. The molecule has 0 aliphatic carbocycles. The summed E-state index contributed by atoms with van der Waals surface area (Å²) in [5, 5.41) is 9.33. The molecular formula is C12H13F2NO3. The van der Waals surface area contributed by atoms with Crippen LogP contribution in [-0.4, -0.2) is 42.2 Å². The van der Waals surface area contributed by atoms with E-state index in [0.717, 1.165) is 12.1 Å². The van der Waals surface area contributed by atoms with Gasteiger partial charge in [-0.1, -0.05) is 0 Å². The molecular weight excluding hydrogens is 244 g/mol. The first-order valence-corrected chi connectivity index (χ1v) is 5.54. The highest BCUT2D eigenvalue weighted by Gasteiger charge is 2.30. The molecule has 2 rings (SSSR count). The van der Waals surface area contributed by atoms with Crippen molar-refractivity contribution in [3.63, 3.8) is 0 Å². The van der Waals surface area contributed by atoms with E-state index in [2.05, 4.69) is 0 Å². The first-order chi connectivity index (χ1) is 8.54. The van der Waals surface area contributed by atoms with Gasteiger partial charge in [-0.2, -0.15) is 0 Å². The number of benzene rings is 1. The molecule has 0 bridgehead atoms. The van der Waals surface area contributed by atoms with Crippen LogP contribution < -0.4 is 4.74 Å². The standard InChI is InChI=1S/C12H13F2NO3/c1-18-9-3-2-8(13)10(11(9)14)12(17)15-5-4-7(16)6-15/h2-3,7,16H,4-6H2,1H3/t7-/m0/s1. The van der Waals surface area contributed by atoms with Gasteiger partial charge < -0.3 is 14.7 Å². The average Bonchev–Trinajstić information content (AvgIpc) is 2.76. The maximum absolute atomic E-state index is 13.9. The molecule has 98 valence electrons. The SMILES string of the molecule is COc1ccc(F)c(C(=O)N2CC[C@H](O)C2)c1F. The van der Waals surface area contributed by atoms with Crippen LogP contribution in [-0.2, 0) is 0 Å². The van der Waals surface area contributed by atoms with E-state index in [1.165, 1.54) is 12.0 Å². The molecule has 1 fully saturated rings. The summed E-state index contributed by atoms with van der Waals surface area (Å²) in [6.07, 6.45) is -0.218. The Morgan fingerprint density at radius 2 is 2.22 bits per heavy atom. The molecule has 18 heavy (non-hydrogen) atoms. The lowest BCUT2D eigenvalue weighted by molar-refractivity contribution is 0.0754. The highest BCUT2D eigenvalue weighted by Crippen LogP contribution is 2.25. The van der Waals surface area contributed by atoms with Crippen molar-refractivity contribution < 1.29 is 23.4 Å². The Morgan fingerprint density at radius 1 is 1.50 bits per heavy atom. The number of likely N-dealkylation sites (tertiary alicyclic amines) is 1. The van der Waals surface area contributed by atoms with E-state index >= 15 is 0 Å². The number of halogens is 2. The topological polar surface area (TPSA) is 49.8 Å². The Bertz CT molecular complexity index is 479. The van der Waals surface area contributed by atoms with E-state index in [1.807, 2.05) is 0 Å².